The molecule has 0 aliphatic carbocycles. The number of nitrogens with zero attached hydrogens (tertiary/aromatic N) is 4. The van der Waals surface area contributed by atoms with Crippen LogP contribution in [0.3, 0.4) is 0 Å². The third kappa shape index (κ3) is 3.79. The number of rotatable bonds is 3. The van der Waals surface area contributed by atoms with E-state index in [-0.39, 0.29) is 23.1 Å². The lowest BCUT2D eigenvalue weighted by molar-refractivity contribution is 0.0188. The van der Waals surface area contributed by atoms with Crippen LogP contribution in [0.2, 0.25) is 0 Å². The SMILES string of the molecule is N#Cc1cc(C(=O)N2CC(C3CCCN(C(=O)c4cccnc4)C3)C2)ccc1O. The number of aromatic hydroxyl groups is 1. The normalized spacial score (nSPS) is 19.3. The molecule has 29 heavy (non-hydrogen) atoms. The van der Waals surface area contributed by atoms with Gasteiger partial charge in [0.2, 0.25) is 0 Å². The van der Waals surface area contributed by atoms with E-state index >= 15 is 0 Å². The molecule has 1 unspecified atom stereocenters. The average molecular weight is 390 g/mol. The van der Waals surface area contributed by atoms with E-state index in [1.807, 2.05) is 11.0 Å². The van der Waals surface area contributed by atoms with E-state index in [0.29, 0.717) is 42.6 Å². The van der Waals surface area contributed by atoms with E-state index in [1.54, 1.807) is 35.5 Å². The Kier molecular flexibility index (Phi) is 5.17. The second-order valence-corrected chi connectivity index (χ2v) is 7.71. The summed E-state index contributed by atoms with van der Waals surface area (Å²) in [6.07, 6.45) is 5.28. The first kappa shape index (κ1) is 18.9. The topological polar surface area (TPSA) is 97.5 Å². The summed E-state index contributed by atoms with van der Waals surface area (Å²) >= 11 is 0. The van der Waals surface area contributed by atoms with Crippen molar-refractivity contribution in [3.05, 3.63) is 59.4 Å². The standard InChI is InChI=1S/C22H22N4O3/c23-10-18-9-15(5-6-20(18)27)21(28)26-13-19(14-26)17-4-2-8-25(12-17)22(29)16-3-1-7-24-11-16/h1,3,5-7,9,11,17,19,27H,2,4,8,12-14H2. The maximum absolute atomic E-state index is 12.7. The summed E-state index contributed by atoms with van der Waals surface area (Å²) in [4.78, 5) is 33.0. The van der Waals surface area contributed by atoms with Gasteiger partial charge in [-0.25, -0.2) is 0 Å². The monoisotopic (exact) mass is 390 g/mol. The highest BCUT2D eigenvalue weighted by molar-refractivity contribution is 5.95. The molecule has 4 rings (SSSR count). The van der Waals surface area contributed by atoms with Crippen LogP contribution in [0.15, 0.2) is 42.7 Å². The maximum atomic E-state index is 12.7. The van der Waals surface area contributed by atoms with Crippen molar-refractivity contribution < 1.29 is 14.7 Å². The first-order chi connectivity index (χ1) is 14.1. The zero-order valence-electron chi connectivity index (χ0n) is 16.0. The Labute approximate surface area is 169 Å². The number of pyridine rings is 1. The molecule has 0 radical (unpaired) electrons. The Morgan fingerprint density at radius 3 is 2.55 bits per heavy atom. The number of phenols is 1. The van der Waals surface area contributed by atoms with Gasteiger partial charge in [-0.2, -0.15) is 5.26 Å². The Bertz CT molecular complexity index is 964. The van der Waals surface area contributed by atoms with Gasteiger partial charge in [0.25, 0.3) is 11.8 Å². The molecule has 2 aromatic rings. The van der Waals surface area contributed by atoms with Crippen LogP contribution in [0.5, 0.6) is 5.75 Å². The smallest absolute Gasteiger partial charge is 0.255 e. The molecular formula is C22H22N4O3. The predicted molar refractivity (Wildman–Crippen MR) is 105 cm³/mol. The quantitative estimate of drug-likeness (QED) is 0.867. The molecular weight excluding hydrogens is 368 g/mol. The second kappa shape index (κ2) is 7.92. The van der Waals surface area contributed by atoms with E-state index in [1.165, 1.54) is 12.1 Å². The summed E-state index contributed by atoms with van der Waals surface area (Å²) in [5.74, 6) is 0.519. The lowest BCUT2D eigenvalue weighted by Gasteiger charge is -2.46. The molecule has 2 saturated heterocycles. The Balaban J connectivity index is 1.35. The number of likely N-dealkylation sites (tertiary alicyclic amines) is 2. The van der Waals surface area contributed by atoms with Gasteiger partial charge in [0.1, 0.15) is 11.8 Å². The summed E-state index contributed by atoms with van der Waals surface area (Å²) in [6, 6.07) is 9.80. The van der Waals surface area contributed by atoms with E-state index in [0.717, 1.165) is 19.4 Å². The minimum Gasteiger partial charge on any atom is -0.507 e. The van der Waals surface area contributed by atoms with Crippen molar-refractivity contribution in [1.82, 2.24) is 14.8 Å². The van der Waals surface area contributed by atoms with Crippen LogP contribution in [0.4, 0.5) is 0 Å². The Hall–Kier alpha value is -3.40. The van der Waals surface area contributed by atoms with Gasteiger partial charge in [0.05, 0.1) is 11.1 Å². The van der Waals surface area contributed by atoms with Gasteiger partial charge in [0.15, 0.2) is 0 Å². The van der Waals surface area contributed by atoms with Crippen molar-refractivity contribution in [1.29, 1.82) is 5.26 Å². The number of piperidine rings is 1. The average Bonchev–Trinajstić information content (AvgIpc) is 2.73. The molecule has 2 aliphatic rings. The molecule has 7 heteroatoms. The molecule has 2 aliphatic heterocycles. The number of benzene rings is 1. The van der Waals surface area contributed by atoms with Crippen LogP contribution in [0.25, 0.3) is 0 Å². The maximum Gasteiger partial charge on any atom is 0.255 e. The van der Waals surface area contributed by atoms with Crippen LogP contribution in [0.1, 0.15) is 39.1 Å². The summed E-state index contributed by atoms with van der Waals surface area (Å²) in [7, 11) is 0. The Morgan fingerprint density at radius 2 is 1.83 bits per heavy atom. The summed E-state index contributed by atoms with van der Waals surface area (Å²) < 4.78 is 0. The van der Waals surface area contributed by atoms with Gasteiger partial charge in [-0.05, 0) is 55.0 Å². The van der Waals surface area contributed by atoms with E-state index in [2.05, 4.69) is 4.98 Å². The van der Waals surface area contributed by atoms with Crippen molar-refractivity contribution in [2.45, 2.75) is 12.8 Å². The summed E-state index contributed by atoms with van der Waals surface area (Å²) in [5, 5.41) is 18.6. The van der Waals surface area contributed by atoms with Gasteiger partial charge >= 0.3 is 0 Å². The van der Waals surface area contributed by atoms with Crippen LogP contribution < -0.4 is 0 Å². The molecule has 1 aromatic heterocycles. The van der Waals surface area contributed by atoms with Crippen LogP contribution in [-0.4, -0.2) is 57.9 Å². The fourth-order valence-corrected chi connectivity index (χ4v) is 4.17. The predicted octanol–water partition coefficient (Wildman–Crippen LogP) is 2.28. The molecule has 7 nitrogen and oxygen atoms in total. The zero-order valence-corrected chi connectivity index (χ0v) is 16.0. The Morgan fingerprint density at radius 1 is 1.07 bits per heavy atom. The van der Waals surface area contributed by atoms with Crippen LogP contribution >= 0.6 is 0 Å². The number of aromatic nitrogens is 1. The number of nitriles is 1. The number of phenolic OH excluding ortho intramolecular Hbond substituents is 1. The van der Waals surface area contributed by atoms with Gasteiger partial charge in [-0.15, -0.1) is 0 Å². The van der Waals surface area contributed by atoms with E-state index < -0.39 is 0 Å². The highest BCUT2D eigenvalue weighted by Crippen LogP contribution is 2.32. The minimum atomic E-state index is -0.128. The number of carbonyl (C=O) groups excluding carboxylic acids is 2. The van der Waals surface area contributed by atoms with E-state index in [4.69, 9.17) is 5.26 Å². The van der Waals surface area contributed by atoms with E-state index in [9.17, 15) is 14.7 Å². The molecule has 1 atom stereocenters. The van der Waals surface area contributed by atoms with Crippen LogP contribution in [0, 0.1) is 23.2 Å². The molecule has 1 aromatic carbocycles. The molecule has 148 valence electrons. The third-order valence-electron chi connectivity index (χ3n) is 5.88. The largest absolute Gasteiger partial charge is 0.507 e. The molecule has 1 N–H and O–H groups in total. The first-order valence-corrected chi connectivity index (χ1v) is 9.78. The fraction of sp³-hybridized carbons (Fsp3) is 0.364. The van der Waals surface area contributed by atoms with Gasteiger partial charge in [-0.1, -0.05) is 0 Å². The van der Waals surface area contributed by atoms with Gasteiger partial charge < -0.3 is 14.9 Å². The summed E-state index contributed by atoms with van der Waals surface area (Å²) in [6.45, 7) is 2.77. The zero-order chi connectivity index (χ0) is 20.4. The number of carbonyl (C=O) groups is 2. The fourth-order valence-electron chi connectivity index (χ4n) is 4.17. The first-order valence-electron chi connectivity index (χ1n) is 9.78. The highest BCUT2D eigenvalue weighted by atomic mass is 16.3. The van der Waals surface area contributed by atoms with Gasteiger partial charge in [0, 0.05) is 44.1 Å². The second-order valence-electron chi connectivity index (χ2n) is 7.71. The van der Waals surface area contributed by atoms with Crippen molar-refractivity contribution >= 4 is 11.8 Å². The molecule has 2 fully saturated rings. The summed E-state index contributed by atoms with van der Waals surface area (Å²) in [5.41, 5.74) is 1.12. The molecule has 0 bridgehead atoms. The number of hydrogen-bond acceptors (Lipinski definition) is 5. The van der Waals surface area contributed by atoms with Crippen molar-refractivity contribution in [3.63, 3.8) is 0 Å². The third-order valence-corrected chi connectivity index (χ3v) is 5.88. The van der Waals surface area contributed by atoms with Crippen molar-refractivity contribution in [3.8, 4) is 11.8 Å². The van der Waals surface area contributed by atoms with Gasteiger partial charge in [-0.3, -0.25) is 14.6 Å². The lowest BCUT2D eigenvalue weighted by Crippen LogP contribution is -2.55. The van der Waals surface area contributed by atoms with Crippen molar-refractivity contribution in [2.24, 2.45) is 11.8 Å². The van der Waals surface area contributed by atoms with Crippen LogP contribution in [-0.2, 0) is 0 Å². The number of hydrogen-bond donors (Lipinski definition) is 1. The molecule has 0 saturated carbocycles. The van der Waals surface area contributed by atoms with Crippen molar-refractivity contribution in [2.75, 3.05) is 26.2 Å². The molecule has 2 amide bonds. The molecule has 0 spiro atoms. The number of amides is 2. The highest BCUT2D eigenvalue weighted by Gasteiger charge is 2.39. The lowest BCUT2D eigenvalue weighted by atomic mass is 9.80. The molecule has 3 heterocycles. The minimum absolute atomic E-state index is 0.0168.